The van der Waals surface area contributed by atoms with Gasteiger partial charge in [0.1, 0.15) is 12.2 Å². The van der Waals surface area contributed by atoms with Gasteiger partial charge in [-0.1, -0.05) is 29.5 Å². The van der Waals surface area contributed by atoms with E-state index in [-0.39, 0.29) is 5.48 Å². The number of amides is 1. The molecule has 0 fully saturated rings. The number of nitrogens with zero attached hydrogens (tertiary/aromatic N) is 3. The van der Waals surface area contributed by atoms with Crippen molar-refractivity contribution in [3.8, 4) is 0 Å². The molecule has 1 amide bonds. The summed E-state index contributed by atoms with van der Waals surface area (Å²) >= 11 is 0. The first kappa shape index (κ1) is 14.5. The van der Waals surface area contributed by atoms with Crippen molar-refractivity contribution >= 4 is 22.6 Å². The summed E-state index contributed by atoms with van der Waals surface area (Å²) in [6.45, 7) is 0.408. The molecule has 0 radical (unpaired) electrons. The van der Waals surface area contributed by atoms with Crippen LogP contribution < -0.4 is 11.1 Å². The molecular formula is C14H15N5O2. The van der Waals surface area contributed by atoms with Gasteiger partial charge >= 0.3 is 0 Å². The van der Waals surface area contributed by atoms with E-state index in [1.165, 1.54) is 0 Å². The van der Waals surface area contributed by atoms with Crippen LogP contribution in [0.4, 0.5) is 5.69 Å². The molecule has 7 nitrogen and oxygen atoms in total. The minimum atomic E-state index is -0.462. The van der Waals surface area contributed by atoms with Crippen LogP contribution in [0.25, 0.3) is 11.0 Å². The number of hydrogen-bond acceptors (Lipinski definition) is 4. The normalized spacial score (nSPS) is 10.1. The Labute approximate surface area is 120 Å². The maximum Gasteiger partial charge on any atom is 0.250 e. The first-order valence-corrected chi connectivity index (χ1v) is 6.16. The van der Waals surface area contributed by atoms with Crippen LogP contribution in [0.15, 0.2) is 48.5 Å². The summed E-state index contributed by atoms with van der Waals surface area (Å²) in [7, 11) is 0. The smallest absolute Gasteiger partial charge is 0.250 e. The summed E-state index contributed by atoms with van der Waals surface area (Å²) in [6, 6.07) is 14.8. The molecule has 2 aromatic carbocycles. The molecule has 0 saturated carbocycles. The Kier molecular flexibility index (Phi) is 4.15. The Balaban J connectivity index is 0.00000161. The van der Waals surface area contributed by atoms with E-state index in [4.69, 9.17) is 5.73 Å². The fraction of sp³-hybridized carbons (Fsp3) is 0.0714. The third-order valence-corrected chi connectivity index (χ3v) is 3.03. The number of rotatable bonds is 4. The monoisotopic (exact) mass is 285 g/mol. The second kappa shape index (κ2) is 6.02. The highest BCUT2D eigenvalue weighted by atomic mass is 16.1. The molecule has 0 spiro atoms. The number of primary amides is 1. The van der Waals surface area contributed by atoms with Gasteiger partial charge in [-0.15, -0.1) is 5.10 Å². The van der Waals surface area contributed by atoms with Gasteiger partial charge in [-0.3, -0.25) is 4.79 Å². The second-order valence-electron chi connectivity index (χ2n) is 4.32. The van der Waals surface area contributed by atoms with E-state index < -0.39 is 5.91 Å². The van der Waals surface area contributed by atoms with Gasteiger partial charge in [0.25, 0.3) is 5.91 Å². The minimum absolute atomic E-state index is 0. The maximum absolute atomic E-state index is 11.3. The number of carbonyl (C=O) groups is 1. The molecule has 108 valence electrons. The molecule has 7 heteroatoms. The van der Waals surface area contributed by atoms with Crippen LogP contribution in [0, 0.1) is 0 Å². The van der Waals surface area contributed by atoms with Crippen molar-refractivity contribution in [1.29, 1.82) is 0 Å². The lowest BCUT2D eigenvalue weighted by Crippen LogP contribution is -2.16. The van der Waals surface area contributed by atoms with E-state index in [2.05, 4.69) is 15.6 Å². The molecule has 5 N–H and O–H groups in total. The fourth-order valence-corrected chi connectivity index (χ4v) is 2.05. The highest BCUT2D eigenvalue weighted by molar-refractivity contribution is 5.98. The summed E-state index contributed by atoms with van der Waals surface area (Å²) in [5.74, 6) is -0.462. The lowest BCUT2D eigenvalue weighted by molar-refractivity contribution is 0.100. The molecule has 3 rings (SSSR count). The third-order valence-electron chi connectivity index (χ3n) is 3.03. The van der Waals surface area contributed by atoms with E-state index in [0.717, 1.165) is 11.0 Å². The Morgan fingerprint density at radius 3 is 2.67 bits per heavy atom. The van der Waals surface area contributed by atoms with E-state index in [9.17, 15) is 4.79 Å². The van der Waals surface area contributed by atoms with E-state index in [1.54, 1.807) is 22.9 Å². The van der Waals surface area contributed by atoms with Crippen LogP contribution in [-0.2, 0) is 6.67 Å². The largest absolute Gasteiger partial charge is 0.412 e. The first-order chi connectivity index (χ1) is 9.75. The van der Waals surface area contributed by atoms with E-state index >= 15 is 0 Å². The number of carbonyl (C=O) groups excluding carboxylic acids is 1. The van der Waals surface area contributed by atoms with Gasteiger partial charge in [0, 0.05) is 5.69 Å². The van der Waals surface area contributed by atoms with Gasteiger partial charge < -0.3 is 16.5 Å². The van der Waals surface area contributed by atoms with Gasteiger partial charge in [0.2, 0.25) is 0 Å². The zero-order valence-corrected chi connectivity index (χ0v) is 11.2. The van der Waals surface area contributed by atoms with Crippen molar-refractivity contribution in [3.05, 3.63) is 54.1 Å². The lowest BCUT2D eigenvalue weighted by atomic mass is 10.1. The topological polar surface area (TPSA) is 117 Å². The predicted octanol–water partition coefficient (Wildman–Crippen LogP) is 0.775. The molecule has 0 bridgehead atoms. The molecule has 0 atom stereocenters. The zero-order chi connectivity index (χ0) is 13.9. The van der Waals surface area contributed by atoms with Crippen molar-refractivity contribution < 1.29 is 10.3 Å². The van der Waals surface area contributed by atoms with Gasteiger partial charge in [-0.25, -0.2) is 4.68 Å². The van der Waals surface area contributed by atoms with Crippen molar-refractivity contribution in [1.82, 2.24) is 15.0 Å². The van der Waals surface area contributed by atoms with E-state index in [0.29, 0.717) is 17.9 Å². The summed E-state index contributed by atoms with van der Waals surface area (Å²) < 4.78 is 1.73. The third kappa shape index (κ3) is 2.82. The molecule has 1 heterocycles. The SMILES string of the molecule is NC(=O)c1ccccc1NCn1nnc2ccccc21.O. The first-order valence-electron chi connectivity index (χ1n) is 6.16. The minimum Gasteiger partial charge on any atom is -0.412 e. The Morgan fingerprint density at radius 1 is 1.14 bits per heavy atom. The van der Waals surface area contributed by atoms with Crippen LogP contribution in [-0.4, -0.2) is 26.4 Å². The second-order valence-corrected chi connectivity index (χ2v) is 4.32. The van der Waals surface area contributed by atoms with Gasteiger partial charge in [-0.2, -0.15) is 0 Å². The van der Waals surface area contributed by atoms with Crippen LogP contribution >= 0.6 is 0 Å². The number of hydrogen-bond donors (Lipinski definition) is 2. The number of anilines is 1. The van der Waals surface area contributed by atoms with Crippen LogP contribution in [0.1, 0.15) is 10.4 Å². The Morgan fingerprint density at radius 2 is 1.86 bits per heavy atom. The standard InChI is InChI=1S/C14H13N5O.H2O/c15-14(20)10-5-1-2-6-11(10)16-9-19-13-8-4-3-7-12(13)17-18-19;/h1-8,16H,9H2,(H2,15,20);1H2. The predicted molar refractivity (Wildman–Crippen MR) is 79.7 cm³/mol. The number of benzene rings is 2. The van der Waals surface area contributed by atoms with Gasteiger partial charge in [-0.05, 0) is 24.3 Å². The summed E-state index contributed by atoms with van der Waals surface area (Å²) in [6.07, 6.45) is 0. The molecule has 0 aliphatic carbocycles. The van der Waals surface area contributed by atoms with Gasteiger partial charge in [0.05, 0.1) is 11.1 Å². The van der Waals surface area contributed by atoms with Crippen molar-refractivity contribution in [2.24, 2.45) is 5.73 Å². The van der Waals surface area contributed by atoms with Crippen molar-refractivity contribution in [3.63, 3.8) is 0 Å². The molecular weight excluding hydrogens is 270 g/mol. The Hall–Kier alpha value is -2.93. The molecule has 0 saturated heterocycles. The van der Waals surface area contributed by atoms with Crippen molar-refractivity contribution in [2.45, 2.75) is 6.67 Å². The fourth-order valence-electron chi connectivity index (χ4n) is 2.05. The average molecular weight is 285 g/mol. The summed E-state index contributed by atoms with van der Waals surface area (Å²) in [4.78, 5) is 11.3. The zero-order valence-electron chi connectivity index (χ0n) is 11.2. The number of nitrogens with one attached hydrogen (secondary N) is 1. The number of nitrogens with two attached hydrogens (primary N) is 1. The molecule has 0 aliphatic rings. The van der Waals surface area contributed by atoms with Crippen LogP contribution in [0.2, 0.25) is 0 Å². The number of fused-ring (bicyclic) bond motifs is 1. The molecule has 0 unspecified atom stereocenters. The van der Waals surface area contributed by atoms with Crippen molar-refractivity contribution in [2.75, 3.05) is 5.32 Å². The summed E-state index contributed by atoms with van der Waals surface area (Å²) in [5, 5.41) is 11.3. The number of aromatic nitrogens is 3. The highest BCUT2D eigenvalue weighted by Gasteiger charge is 2.08. The maximum atomic E-state index is 11.3. The van der Waals surface area contributed by atoms with Crippen LogP contribution in [0.5, 0.6) is 0 Å². The molecule has 1 aromatic heterocycles. The highest BCUT2D eigenvalue weighted by Crippen LogP contribution is 2.15. The molecule has 3 aromatic rings. The molecule has 21 heavy (non-hydrogen) atoms. The Bertz CT molecular complexity index is 769. The van der Waals surface area contributed by atoms with Crippen LogP contribution in [0.3, 0.4) is 0 Å². The van der Waals surface area contributed by atoms with E-state index in [1.807, 2.05) is 30.3 Å². The quantitative estimate of drug-likeness (QED) is 0.736. The molecule has 0 aliphatic heterocycles. The number of para-hydroxylation sites is 2. The summed E-state index contributed by atoms with van der Waals surface area (Å²) in [5.41, 5.74) is 8.23. The lowest BCUT2D eigenvalue weighted by Gasteiger charge is -2.10. The van der Waals surface area contributed by atoms with Gasteiger partial charge in [0.15, 0.2) is 0 Å². The average Bonchev–Trinajstić information content (AvgIpc) is 2.88.